The van der Waals surface area contributed by atoms with Gasteiger partial charge in [0.1, 0.15) is 5.01 Å². The van der Waals surface area contributed by atoms with Crippen molar-refractivity contribution in [1.82, 2.24) is 4.98 Å². The highest BCUT2D eigenvalue weighted by molar-refractivity contribution is 7.20. The normalized spacial score (nSPS) is 10.6. The molecule has 0 fully saturated rings. The maximum atomic E-state index is 12.1. The molecule has 0 atom stereocenters. The van der Waals surface area contributed by atoms with Crippen molar-refractivity contribution < 1.29 is 4.79 Å². The van der Waals surface area contributed by atoms with E-state index in [1.165, 1.54) is 0 Å². The number of thiazole rings is 1. The van der Waals surface area contributed by atoms with Gasteiger partial charge in [-0.25, -0.2) is 4.98 Å². The molecule has 6 heteroatoms. The van der Waals surface area contributed by atoms with Crippen LogP contribution >= 0.6 is 34.3 Å². The first-order chi connectivity index (χ1) is 10.6. The number of aromatic nitrogens is 1. The number of aryl methyl sites for hydroxylation is 1. The Morgan fingerprint density at radius 2 is 2.18 bits per heavy atom. The molecule has 1 aromatic carbocycles. The first kappa shape index (κ1) is 15.2. The summed E-state index contributed by atoms with van der Waals surface area (Å²) in [6.45, 7) is 1.96. The quantitative estimate of drug-likeness (QED) is 0.719. The van der Waals surface area contributed by atoms with Gasteiger partial charge in [0.25, 0.3) is 0 Å². The zero-order valence-corrected chi connectivity index (χ0v) is 14.2. The van der Waals surface area contributed by atoms with E-state index in [-0.39, 0.29) is 12.3 Å². The Balaban J connectivity index is 1.67. The van der Waals surface area contributed by atoms with Crippen molar-refractivity contribution in [3.05, 3.63) is 57.4 Å². The third-order valence-electron chi connectivity index (χ3n) is 3.02. The number of hydrogen-bond acceptors (Lipinski definition) is 4. The van der Waals surface area contributed by atoms with Crippen molar-refractivity contribution in [1.29, 1.82) is 0 Å². The van der Waals surface area contributed by atoms with Crippen LogP contribution in [0.4, 0.5) is 5.69 Å². The number of benzene rings is 1. The largest absolute Gasteiger partial charge is 0.324 e. The van der Waals surface area contributed by atoms with Crippen molar-refractivity contribution >= 4 is 45.9 Å². The second-order valence-electron chi connectivity index (χ2n) is 4.83. The number of nitrogens with zero attached hydrogens (tertiary/aromatic N) is 1. The molecule has 2 heterocycles. The van der Waals surface area contributed by atoms with E-state index in [0.717, 1.165) is 21.1 Å². The fraction of sp³-hybridized carbons (Fsp3) is 0.125. The van der Waals surface area contributed by atoms with E-state index in [2.05, 4.69) is 10.3 Å². The summed E-state index contributed by atoms with van der Waals surface area (Å²) in [6, 6.07) is 9.58. The van der Waals surface area contributed by atoms with E-state index in [9.17, 15) is 4.79 Å². The highest BCUT2D eigenvalue weighted by Gasteiger charge is 2.11. The number of nitrogens with one attached hydrogen (secondary N) is 1. The Hall–Kier alpha value is -1.69. The fourth-order valence-electron chi connectivity index (χ4n) is 1.98. The number of carbonyl (C=O) groups excluding carboxylic acids is 1. The lowest BCUT2D eigenvalue weighted by Gasteiger charge is -2.07. The van der Waals surface area contributed by atoms with Crippen LogP contribution in [-0.2, 0) is 11.2 Å². The van der Waals surface area contributed by atoms with E-state index in [0.29, 0.717) is 10.7 Å². The van der Waals surface area contributed by atoms with E-state index < -0.39 is 0 Å². The molecule has 0 bridgehead atoms. The summed E-state index contributed by atoms with van der Waals surface area (Å²) in [5.74, 6) is -0.117. The first-order valence-electron chi connectivity index (χ1n) is 6.66. The standard InChI is InChI=1S/C16H13ClN2OS2/c1-10-4-5-13(12(17)7-10)19-15(20)8-11-9-22-16(18-11)14-3-2-6-21-14/h2-7,9H,8H2,1H3,(H,19,20). The topological polar surface area (TPSA) is 42.0 Å². The van der Waals surface area contributed by atoms with Crippen molar-refractivity contribution in [2.75, 3.05) is 5.32 Å². The predicted molar refractivity (Wildman–Crippen MR) is 93.9 cm³/mol. The number of carbonyl (C=O) groups is 1. The highest BCUT2D eigenvalue weighted by Crippen LogP contribution is 2.28. The van der Waals surface area contributed by atoms with Gasteiger partial charge in [-0.3, -0.25) is 4.79 Å². The number of amides is 1. The molecular formula is C16H13ClN2OS2. The van der Waals surface area contributed by atoms with E-state index in [1.807, 2.05) is 48.0 Å². The minimum Gasteiger partial charge on any atom is -0.324 e. The van der Waals surface area contributed by atoms with Crippen LogP contribution in [0.3, 0.4) is 0 Å². The lowest BCUT2D eigenvalue weighted by molar-refractivity contribution is -0.115. The molecule has 0 saturated heterocycles. The smallest absolute Gasteiger partial charge is 0.230 e. The third-order valence-corrected chi connectivity index (χ3v) is 5.27. The summed E-state index contributed by atoms with van der Waals surface area (Å²) in [4.78, 5) is 17.7. The van der Waals surface area contributed by atoms with Crippen molar-refractivity contribution in [2.45, 2.75) is 13.3 Å². The molecule has 3 rings (SSSR count). The van der Waals surface area contributed by atoms with Gasteiger partial charge in [-0.1, -0.05) is 23.7 Å². The average Bonchev–Trinajstić information content (AvgIpc) is 3.12. The van der Waals surface area contributed by atoms with Gasteiger partial charge in [-0.15, -0.1) is 22.7 Å². The molecule has 0 aliphatic heterocycles. The minimum absolute atomic E-state index is 0.117. The fourth-order valence-corrected chi connectivity index (χ4v) is 3.90. The van der Waals surface area contributed by atoms with Crippen molar-refractivity contribution in [3.8, 4) is 9.88 Å². The molecule has 3 aromatic rings. The van der Waals surface area contributed by atoms with Gasteiger partial charge in [0.05, 0.1) is 27.7 Å². The molecule has 22 heavy (non-hydrogen) atoms. The van der Waals surface area contributed by atoms with E-state index >= 15 is 0 Å². The Morgan fingerprint density at radius 1 is 1.32 bits per heavy atom. The number of hydrogen-bond donors (Lipinski definition) is 1. The van der Waals surface area contributed by atoms with Crippen molar-refractivity contribution in [3.63, 3.8) is 0 Å². The molecule has 1 amide bonds. The molecule has 2 aromatic heterocycles. The molecule has 0 unspecified atom stereocenters. The lowest BCUT2D eigenvalue weighted by atomic mass is 10.2. The third kappa shape index (κ3) is 3.55. The first-order valence-corrected chi connectivity index (χ1v) is 8.80. The summed E-state index contributed by atoms with van der Waals surface area (Å²) in [5.41, 5.74) is 2.46. The van der Waals surface area contributed by atoms with Gasteiger partial charge >= 0.3 is 0 Å². The summed E-state index contributed by atoms with van der Waals surface area (Å²) >= 11 is 9.32. The second-order valence-corrected chi connectivity index (χ2v) is 7.04. The molecule has 0 aliphatic carbocycles. The average molecular weight is 349 g/mol. The minimum atomic E-state index is -0.117. The lowest BCUT2D eigenvalue weighted by Crippen LogP contribution is -2.14. The zero-order chi connectivity index (χ0) is 15.5. The van der Waals surface area contributed by atoms with Crippen LogP contribution in [-0.4, -0.2) is 10.9 Å². The number of halogens is 1. The van der Waals surface area contributed by atoms with Crippen LogP contribution in [0.15, 0.2) is 41.1 Å². The van der Waals surface area contributed by atoms with E-state index in [4.69, 9.17) is 11.6 Å². The number of anilines is 1. The van der Waals surface area contributed by atoms with Crippen LogP contribution in [0.5, 0.6) is 0 Å². The molecule has 0 spiro atoms. The van der Waals surface area contributed by atoms with Gasteiger partial charge in [0.15, 0.2) is 0 Å². The summed E-state index contributed by atoms with van der Waals surface area (Å²) in [7, 11) is 0. The van der Waals surface area contributed by atoms with Crippen LogP contribution in [0.1, 0.15) is 11.3 Å². The monoisotopic (exact) mass is 348 g/mol. The maximum Gasteiger partial charge on any atom is 0.230 e. The van der Waals surface area contributed by atoms with Crippen molar-refractivity contribution in [2.24, 2.45) is 0 Å². The van der Waals surface area contributed by atoms with Gasteiger partial charge in [0, 0.05) is 5.38 Å². The Labute approximate surface area is 141 Å². The van der Waals surface area contributed by atoms with Gasteiger partial charge < -0.3 is 5.32 Å². The van der Waals surface area contributed by atoms with Gasteiger partial charge in [-0.2, -0.15) is 0 Å². The summed E-state index contributed by atoms with van der Waals surface area (Å²) in [6.07, 6.45) is 0.242. The number of thiophene rings is 1. The van der Waals surface area contributed by atoms with E-state index in [1.54, 1.807) is 22.7 Å². The Morgan fingerprint density at radius 3 is 2.91 bits per heavy atom. The van der Waals surface area contributed by atoms with Crippen LogP contribution in [0.25, 0.3) is 9.88 Å². The van der Waals surface area contributed by atoms with Crippen LogP contribution in [0, 0.1) is 6.92 Å². The number of rotatable bonds is 4. The summed E-state index contributed by atoms with van der Waals surface area (Å²) in [5, 5.41) is 8.26. The molecule has 0 aliphatic rings. The van der Waals surface area contributed by atoms with Gasteiger partial charge in [0.2, 0.25) is 5.91 Å². The molecule has 3 nitrogen and oxygen atoms in total. The van der Waals surface area contributed by atoms with Crippen LogP contribution < -0.4 is 5.32 Å². The molecule has 112 valence electrons. The molecule has 0 saturated carbocycles. The molecule has 1 N–H and O–H groups in total. The zero-order valence-electron chi connectivity index (χ0n) is 11.8. The van der Waals surface area contributed by atoms with Gasteiger partial charge in [-0.05, 0) is 36.1 Å². The molecule has 0 radical (unpaired) electrons. The predicted octanol–water partition coefficient (Wildman–Crippen LogP) is 5.01. The summed E-state index contributed by atoms with van der Waals surface area (Å²) < 4.78 is 0. The Bertz CT molecular complexity index is 796. The highest BCUT2D eigenvalue weighted by atomic mass is 35.5. The maximum absolute atomic E-state index is 12.1. The van der Waals surface area contributed by atoms with Crippen LogP contribution in [0.2, 0.25) is 5.02 Å². The molecular weight excluding hydrogens is 336 g/mol. The second kappa shape index (κ2) is 6.60. The Kier molecular flexibility index (Phi) is 4.57. The SMILES string of the molecule is Cc1ccc(NC(=O)Cc2csc(-c3cccs3)n2)c(Cl)c1.